The van der Waals surface area contributed by atoms with E-state index >= 15 is 0 Å². The molecule has 0 aromatic heterocycles. The van der Waals surface area contributed by atoms with Crippen molar-refractivity contribution >= 4 is 40.6 Å². The van der Waals surface area contributed by atoms with E-state index in [1.165, 1.54) is 29.5 Å². The molecule has 0 saturated carbocycles. The molecule has 1 saturated heterocycles. The summed E-state index contributed by atoms with van der Waals surface area (Å²) in [6.07, 6.45) is 1.83. The Balaban J connectivity index is 1.48. The SMILES string of the molecule is CCN1C(=O)C(=Cc2ccc(OCc3ccc(C)cc3)cc2)SC1=Nc1cccc(C(=O)O)c1. The van der Waals surface area contributed by atoms with Crippen LogP contribution in [0.2, 0.25) is 0 Å². The van der Waals surface area contributed by atoms with E-state index in [1.54, 1.807) is 17.0 Å². The number of rotatable bonds is 7. The van der Waals surface area contributed by atoms with E-state index in [9.17, 15) is 14.7 Å². The van der Waals surface area contributed by atoms with Gasteiger partial charge in [0.25, 0.3) is 5.91 Å². The Hall–Kier alpha value is -3.84. The van der Waals surface area contributed by atoms with Crippen LogP contribution in [0.25, 0.3) is 6.08 Å². The summed E-state index contributed by atoms with van der Waals surface area (Å²) in [5.74, 6) is -0.388. The molecule has 0 atom stereocenters. The van der Waals surface area contributed by atoms with Gasteiger partial charge >= 0.3 is 5.97 Å². The predicted octanol–water partition coefficient (Wildman–Crippen LogP) is 5.90. The Kier molecular flexibility index (Phi) is 7.13. The van der Waals surface area contributed by atoms with E-state index in [4.69, 9.17) is 4.74 Å². The standard InChI is InChI=1S/C27H24N2O4S/c1-3-29-25(30)24(34-27(29)28-22-6-4-5-21(16-22)26(31)32)15-19-11-13-23(14-12-19)33-17-20-9-7-18(2)8-10-20/h4-16H,3,17H2,1-2H3,(H,31,32). The minimum Gasteiger partial charge on any atom is -0.489 e. The molecule has 0 bridgehead atoms. The monoisotopic (exact) mass is 472 g/mol. The van der Waals surface area contributed by atoms with E-state index in [0.29, 0.717) is 28.9 Å². The van der Waals surface area contributed by atoms with E-state index < -0.39 is 5.97 Å². The fourth-order valence-corrected chi connectivity index (χ4v) is 4.41. The van der Waals surface area contributed by atoms with Crippen LogP contribution in [0, 0.1) is 6.92 Å². The molecule has 1 aliphatic rings. The number of carboxylic acid groups (broad SMARTS) is 1. The molecule has 34 heavy (non-hydrogen) atoms. The molecule has 1 aliphatic heterocycles. The van der Waals surface area contributed by atoms with Crippen molar-refractivity contribution in [2.75, 3.05) is 6.54 Å². The van der Waals surface area contributed by atoms with E-state index in [1.807, 2.05) is 49.4 Å². The molecule has 0 radical (unpaired) electrons. The van der Waals surface area contributed by atoms with E-state index in [2.05, 4.69) is 24.0 Å². The zero-order valence-electron chi connectivity index (χ0n) is 18.9. The summed E-state index contributed by atoms with van der Waals surface area (Å²) >= 11 is 1.28. The number of likely N-dealkylation sites (N-methyl/N-ethyl adjacent to an activating group) is 1. The van der Waals surface area contributed by atoms with Gasteiger partial charge in [-0.15, -0.1) is 0 Å². The van der Waals surface area contributed by atoms with Gasteiger partial charge in [0.05, 0.1) is 16.2 Å². The number of aliphatic imine (C=N–C) groups is 1. The number of nitrogens with zero attached hydrogens (tertiary/aromatic N) is 2. The lowest BCUT2D eigenvalue weighted by Crippen LogP contribution is -2.28. The third kappa shape index (κ3) is 5.55. The van der Waals surface area contributed by atoms with Gasteiger partial charge in [0, 0.05) is 6.54 Å². The Labute approximate surface area is 202 Å². The maximum absolute atomic E-state index is 12.9. The Morgan fingerprint density at radius 1 is 1.09 bits per heavy atom. The Morgan fingerprint density at radius 3 is 2.50 bits per heavy atom. The molecule has 172 valence electrons. The summed E-state index contributed by atoms with van der Waals surface area (Å²) in [5.41, 5.74) is 3.84. The first-order chi connectivity index (χ1) is 16.4. The minimum absolute atomic E-state index is 0.125. The number of benzene rings is 3. The van der Waals surface area contributed by atoms with Gasteiger partial charge in [0.2, 0.25) is 0 Å². The van der Waals surface area contributed by atoms with Gasteiger partial charge < -0.3 is 9.84 Å². The number of carbonyl (C=O) groups is 2. The number of aryl methyl sites for hydroxylation is 1. The molecule has 0 spiro atoms. The van der Waals surface area contributed by atoms with Crippen LogP contribution in [-0.4, -0.2) is 33.6 Å². The number of amides is 1. The third-order valence-electron chi connectivity index (χ3n) is 5.23. The molecule has 0 unspecified atom stereocenters. The normalized spacial score (nSPS) is 15.8. The molecule has 4 rings (SSSR count). The van der Waals surface area contributed by atoms with Gasteiger partial charge in [-0.2, -0.15) is 0 Å². The largest absolute Gasteiger partial charge is 0.489 e. The molecule has 1 heterocycles. The first-order valence-corrected chi connectivity index (χ1v) is 11.7. The fourth-order valence-electron chi connectivity index (χ4n) is 3.35. The maximum Gasteiger partial charge on any atom is 0.335 e. The summed E-state index contributed by atoms with van der Waals surface area (Å²) < 4.78 is 5.86. The smallest absolute Gasteiger partial charge is 0.335 e. The van der Waals surface area contributed by atoms with Gasteiger partial charge in [-0.05, 0) is 73.1 Å². The summed E-state index contributed by atoms with van der Waals surface area (Å²) in [5, 5.41) is 9.73. The zero-order valence-corrected chi connectivity index (χ0v) is 19.7. The van der Waals surface area contributed by atoms with Gasteiger partial charge in [-0.25, -0.2) is 9.79 Å². The molecule has 3 aromatic rings. The number of amidine groups is 1. The second kappa shape index (κ2) is 10.4. The Morgan fingerprint density at radius 2 is 1.82 bits per heavy atom. The highest BCUT2D eigenvalue weighted by Crippen LogP contribution is 2.34. The molecule has 1 N–H and O–H groups in total. The zero-order chi connectivity index (χ0) is 24.1. The first-order valence-electron chi connectivity index (χ1n) is 10.8. The highest BCUT2D eigenvalue weighted by atomic mass is 32.2. The van der Waals surface area contributed by atoms with Gasteiger partial charge in [0.15, 0.2) is 5.17 Å². The lowest BCUT2D eigenvalue weighted by atomic mass is 10.1. The second-order valence-corrected chi connectivity index (χ2v) is 8.76. The third-order valence-corrected chi connectivity index (χ3v) is 6.23. The molecule has 1 amide bonds. The van der Waals surface area contributed by atoms with Gasteiger partial charge in [-0.3, -0.25) is 9.69 Å². The molecule has 6 nitrogen and oxygen atoms in total. The number of aromatic carboxylic acids is 1. The molecular formula is C27H24N2O4S. The van der Waals surface area contributed by atoms with E-state index in [-0.39, 0.29) is 11.5 Å². The van der Waals surface area contributed by atoms with Crippen LogP contribution in [-0.2, 0) is 11.4 Å². The number of carboxylic acids is 1. The van der Waals surface area contributed by atoms with Crippen LogP contribution < -0.4 is 4.74 Å². The molecule has 7 heteroatoms. The number of hydrogen-bond donors (Lipinski definition) is 1. The van der Waals surface area contributed by atoms with Crippen molar-refractivity contribution in [2.45, 2.75) is 20.5 Å². The van der Waals surface area contributed by atoms with Crippen molar-refractivity contribution in [2.24, 2.45) is 4.99 Å². The quantitative estimate of drug-likeness (QED) is 0.433. The minimum atomic E-state index is -1.02. The number of ether oxygens (including phenoxy) is 1. The Bertz CT molecular complexity index is 1260. The predicted molar refractivity (Wildman–Crippen MR) is 135 cm³/mol. The summed E-state index contributed by atoms with van der Waals surface area (Å²) in [6, 6.07) is 22.2. The van der Waals surface area contributed by atoms with Crippen molar-refractivity contribution in [1.29, 1.82) is 0 Å². The average molecular weight is 473 g/mol. The summed E-state index contributed by atoms with van der Waals surface area (Å²) in [4.78, 5) is 30.8. The average Bonchev–Trinajstić information content (AvgIpc) is 3.13. The number of thioether (sulfide) groups is 1. The maximum atomic E-state index is 12.9. The first kappa shape index (κ1) is 23.3. The van der Waals surface area contributed by atoms with Crippen molar-refractivity contribution < 1.29 is 19.4 Å². The van der Waals surface area contributed by atoms with Crippen LogP contribution in [0.1, 0.15) is 34.0 Å². The van der Waals surface area contributed by atoms with Gasteiger partial charge in [0.1, 0.15) is 12.4 Å². The van der Waals surface area contributed by atoms with Crippen LogP contribution in [0.5, 0.6) is 5.75 Å². The number of carbonyl (C=O) groups excluding carboxylic acids is 1. The van der Waals surface area contributed by atoms with Crippen LogP contribution >= 0.6 is 11.8 Å². The number of hydrogen-bond acceptors (Lipinski definition) is 5. The lowest BCUT2D eigenvalue weighted by molar-refractivity contribution is -0.122. The molecule has 1 fully saturated rings. The summed E-state index contributed by atoms with van der Waals surface area (Å²) in [7, 11) is 0. The lowest BCUT2D eigenvalue weighted by Gasteiger charge is -2.12. The molecule has 3 aromatic carbocycles. The van der Waals surface area contributed by atoms with Crippen molar-refractivity contribution in [3.63, 3.8) is 0 Å². The molecule has 0 aliphatic carbocycles. The van der Waals surface area contributed by atoms with Crippen LogP contribution in [0.3, 0.4) is 0 Å². The highest BCUT2D eigenvalue weighted by Gasteiger charge is 2.32. The van der Waals surface area contributed by atoms with Gasteiger partial charge in [-0.1, -0.05) is 48.0 Å². The second-order valence-electron chi connectivity index (χ2n) is 7.75. The van der Waals surface area contributed by atoms with Crippen LogP contribution in [0.4, 0.5) is 5.69 Å². The molecular weight excluding hydrogens is 448 g/mol. The van der Waals surface area contributed by atoms with E-state index in [0.717, 1.165) is 16.9 Å². The fraction of sp³-hybridized carbons (Fsp3) is 0.148. The van der Waals surface area contributed by atoms with Crippen molar-refractivity contribution in [1.82, 2.24) is 4.90 Å². The van der Waals surface area contributed by atoms with Crippen LogP contribution in [0.15, 0.2) is 82.7 Å². The highest BCUT2D eigenvalue weighted by molar-refractivity contribution is 8.18. The van der Waals surface area contributed by atoms with Crippen molar-refractivity contribution in [3.05, 3.63) is 100.0 Å². The summed E-state index contributed by atoms with van der Waals surface area (Å²) in [6.45, 7) is 4.89. The van der Waals surface area contributed by atoms with Crippen molar-refractivity contribution in [3.8, 4) is 5.75 Å². The topological polar surface area (TPSA) is 79.2 Å².